The number of ether oxygens (including phenoxy) is 1. The molecule has 106 valence electrons. The van der Waals surface area contributed by atoms with Gasteiger partial charge in [-0.25, -0.2) is 4.79 Å². The normalized spacial score (nSPS) is 24.9. The van der Waals surface area contributed by atoms with Crippen molar-refractivity contribution in [3.05, 3.63) is 0 Å². The molecule has 0 aromatic rings. The summed E-state index contributed by atoms with van der Waals surface area (Å²) >= 11 is 0. The predicted octanol–water partition coefficient (Wildman–Crippen LogP) is 2.56. The van der Waals surface area contributed by atoms with Gasteiger partial charge in [-0.3, -0.25) is 0 Å². The van der Waals surface area contributed by atoms with Crippen molar-refractivity contribution < 1.29 is 9.53 Å². The van der Waals surface area contributed by atoms with Gasteiger partial charge in [-0.1, -0.05) is 19.3 Å². The van der Waals surface area contributed by atoms with E-state index in [4.69, 9.17) is 4.74 Å². The van der Waals surface area contributed by atoms with Gasteiger partial charge in [-0.2, -0.15) is 0 Å². The van der Waals surface area contributed by atoms with Crippen LogP contribution in [0.1, 0.15) is 44.9 Å². The number of nitrogens with zero attached hydrogens (tertiary/aromatic N) is 1. The highest BCUT2D eigenvalue weighted by molar-refractivity contribution is 5.85. The Kier molecular flexibility index (Phi) is 7.44. The van der Waals surface area contributed by atoms with Crippen molar-refractivity contribution in [2.24, 2.45) is 0 Å². The average molecular weight is 277 g/mol. The van der Waals surface area contributed by atoms with Crippen molar-refractivity contribution in [2.45, 2.75) is 51.0 Å². The molecular formula is C13H25ClN2O2. The van der Waals surface area contributed by atoms with Crippen molar-refractivity contribution >= 4 is 18.5 Å². The number of carbonyl (C=O) groups is 1. The summed E-state index contributed by atoms with van der Waals surface area (Å²) in [4.78, 5) is 13.7. The van der Waals surface area contributed by atoms with Gasteiger partial charge >= 0.3 is 6.09 Å². The number of hydrogen-bond acceptors (Lipinski definition) is 3. The summed E-state index contributed by atoms with van der Waals surface area (Å²) in [5.41, 5.74) is 0. The van der Waals surface area contributed by atoms with E-state index < -0.39 is 0 Å². The Balaban J connectivity index is 0.00000162. The van der Waals surface area contributed by atoms with E-state index in [9.17, 15) is 4.79 Å². The van der Waals surface area contributed by atoms with Crippen molar-refractivity contribution in [1.82, 2.24) is 10.2 Å². The number of amides is 1. The van der Waals surface area contributed by atoms with Gasteiger partial charge in [-0.05, 0) is 32.2 Å². The number of likely N-dealkylation sites (tertiary alicyclic amines) is 1. The Bertz CT molecular complexity index is 237. The lowest BCUT2D eigenvalue weighted by Crippen LogP contribution is -2.40. The summed E-state index contributed by atoms with van der Waals surface area (Å²) in [6.07, 6.45) is 8.25. The van der Waals surface area contributed by atoms with Crippen LogP contribution in [-0.4, -0.2) is 43.3 Å². The van der Waals surface area contributed by atoms with Crippen molar-refractivity contribution in [2.75, 3.05) is 26.2 Å². The van der Waals surface area contributed by atoms with E-state index in [1.54, 1.807) is 0 Å². The SMILES string of the molecule is Cl.O=C(OCC1CCCCN1)N1CCCCCC1. The number of nitrogens with one attached hydrogen (secondary N) is 1. The van der Waals surface area contributed by atoms with E-state index in [1.807, 2.05) is 4.90 Å². The molecule has 0 aromatic carbocycles. The maximum Gasteiger partial charge on any atom is 0.409 e. The van der Waals surface area contributed by atoms with Crippen molar-refractivity contribution in [3.63, 3.8) is 0 Å². The number of halogens is 1. The molecule has 1 N–H and O–H groups in total. The molecule has 1 amide bonds. The number of carbonyl (C=O) groups excluding carboxylic acids is 1. The minimum Gasteiger partial charge on any atom is -0.448 e. The maximum atomic E-state index is 11.9. The van der Waals surface area contributed by atoms with Crippen molar-refractivity contribution in [3.8, 4) is 0 Å². The van der Waals surface area contributed by atoms with Crippen LogP contribution in [0.15, 0.2) is 0 Å². The third kappa shape index (κ3) is 5.02. The molecule has 0 aliphatic carbocycles. The molecule has 2 fully saturated rings. The molecule has 0 saturated carbocycles. The lowest BCUT2D eigenvalue weighted by Gasteiger charge is -2.25. The minimum atomic E-state index is -0.112. The molecule has 18 heavy (non-hydrogen) atoms. The molecule has 0 aromatic heterocycles. The largest absolute Gasteiger partial charge is 0.448 e. The zero-order valence-corrected chi connectivity index (χ0v) is 11.8. The van der Waals surface area contributed by atoms with E-state index in [-0.39, 0.29) is 18.5 Å². The molecular weight excluding hydrogens is 252 g/mol. The van der Waals surface area contributed by atoms with Crippen LogP contribution in [-0.2, 0) is 4.74 Å². The fourth-order valence-electron chi connectivity index (χ4n) is 2.58. The average Bonchev–Trinajstić information content (AvgIpc) is 2.66. The summed E-state index contributed by atoms with van der Waals surface area (Å²) in [6, 6.07) is 0.375. The van der Waals surface area contributed by atoms with E-state index in [0.29, 0.717) is 12.6 Å². The molecule has 0 radical (unpaired) electrons. The minimum absolute atomic E-state index is 0. The standard InChI is InChI=1S/C13H24N2O2.ClH/c16-13(15-9-5-1-2-6-10-15)17-11-12-7-3-4-8-14-12;/h12,14H,1-11H2;1H. The van der Waals surface area contributed by atoms with Gasteiger partial charge in [0.05, 0.1) is 0 Å². The van der Waals surface area contributed by atoms with Crippen LogP contribution in [0.4, 0.5) is 4.79 Å². The summed E-state index contributed by atoms with van der Waals surface area (Å²) in [5, 5.41) is 3.39. The second-order valence-electron chi connectivity index (χ2n) is 5.13. The lowest BCUT2D eigenvalue weighted by molar-refractivity contribution is 0.0904. The first-order chi connectivity index (χ1) is 8.36. The van der Waals surface area contributed by atoms with Gasteiger partial charge in [0, 0.05) is 19.1 Å². The van der Waals surface area contributed by atoms with E-state index >= 15 is 0 Å². The van der Waals surface area contributed by atoms with Crippen LogP contribution in [0.5, 0.6) is 0 Å². The first kappa shape index (κ1) is 15.6. The number of piperidine rings is 1. The molecule has 1 atom stereocenters. The second kappa shape index (κ2) is 8.59. The van der Waals surface area contributed by atoms with Crippen LogP contribution in [0.3, 0.4) is 0 Å². The highest BCUT2D eigenvalue weighted by Crippen LogP contribution is 2.12. The van der Waals surface area contributed by atoms with Gasteiger partial charge in [0.1, 0.15) is 6.61 Å². The van der Waals surface area contributed by atoms with E-state index in [2.05, 4.69) is 5.32 Å². The Morgan fingerprint density at radius 2 is 1.83 bits per heavy atom. The summed E-state index contributed by atoms with van der Waals surface area (Å²) in [6.45, 7) is 3.34. The molecule has 4 nitrogen and oxygen atoms in total. The van der Waals surface area contributed by atoms with Gasteiger partial charge in [0.25, 0.3) is 0 Å². The monoisotopic (exact) mass is 276 g/mol. The molecule has 2 aliphatic rings. The Morgan fingerprint density at radius 3 is 2.44 bits per heavy atom. The molecule has 2 heterocycles. The van der Waals surface area contributed by atoms with E-state index in [0.717, 1.165) is 38.9 Å². The summed E-state index contributed by atoms with van der Waals surface area (Å²) < 4.78 is 5.40. The lowest BCUT2D eigenvalue weighted by atomic mass is 10.1. The molecule has 2 aliphatic heterocycles. The smallest absolute Gasteiger partial charge is 0.409 e. The second-order valence-corrected chi connectivity index (χ2v) is 5.13. The summed E-state index contributed by atoms with van der Waals surface area (Å²) in [5.74, 6) is 0. The van der Waals surface area contributed by atoms with Crippen LogP contribution < -0.4 is 5.32 Å². The van der Waals surface area contributed by atoms with Gasteiger partial charge < -0.3 is 15.0 Å². The number of rotatable bonds is 2. The Morgan fingerprint density at radius 1 is 1.11 bits per heavy atom. The highest BCUT2D eigenvalue weighted by Gasteiger charge is 2.19. The predicted molar refractivity (Wildman–Crippen MR) is 74.3 cm³/mol. The zero-order chi connectivity index (χ0) is 11.9. The van der Waals surface area contributed by atoms with Crippen molar-refractivity contribution in [1.29, 1.82) is 0 Å². The highest BCUT2D eigenvalue weighted by atomic mass is 35.5. The Labute approximate surface area is 116 Å². The summed E-state index contributed by atoms with van der Waals surface area (Å²) in [7, 11) is 0. The Hall–Kier alpha value is -0.480. The number of hydrogen-bond donors (Lipinski definition) is 1. The topological polar surface area (TPSA) is 41.6 Å². The van der Waals surface area contributed by atoms with Crippen LogP contribution in [0.2, 0.25) is 0 Å². The molecule has 2 rings (SSSR count). The van der Waals surface area contributed by atoms with Crippen LogP contribution in [0.25, 0.3) is 0 Å². The fourth-order valence-corrected chi connectivity index (χ4v) is 2.58. The van der Waals surface area contributed by atoms with Crippen LogP contribution >= 0.6 is 12.4 Å². The fraction of sp³-hybridized carbons (Fsp3) is 0.923. The molecule has 0 spiro atoms. The quantitative estimate of drug-likeness (QED) is 0.843. The van der Waals surface area contributed by atoms with Gasteiger partial charge in [-0.15, -0.1) is 12.4 Å². The molecule has 0 bridgehead atoms. The van der Waals surface area contributed by atoms with Gasteiger partial charge in [0.15, 0.2) is 0 Å². The third-order valence-corrected chi connectivity index (χ3v) is 3.68. The molecule has 5 heteroatoms. The maximum absolute atomic E-state index is 11.9. The third-order valence-electron chi connectivity index (χ3n) is 3.68. The zero-order valence-electron chi connectivity index (χ0n) is 11.0. The van der Waals surface area contributed by atoms with E-state index in [1.165, 1.54) is 25.7 Å². The molecule has 1 unspecified atom stereocenters. The molecule has 2 saturated heterocycles. The first-order valence-electron chi connectivity index (χ1n) is 7.01. The van der Waals surface area contributed by atoms with Crippen LogP contribution in [0, 0.1) is 0 Å². The van der Waals surface area contributed by atoms with Gasteiger partial charge in [0.2, 0.25) is 0 Å². The first-order valence-corrected chi connectivity index (χ1v) is 7.01.